The van der Waals surface area contributed by atoms with Crippen LogP contribution in [0.15, 0.2) is 5.10 Å². The van der Waals surface area contributed by atoms with Crippen molar-refractivity contribution in [2.45, 2.75) is 6.92 Å². The summed E-state index contributed by atoms with van der Waals surface area (Å²) in [6, 6.07) is 0. The minimum atomic E-state index is 0.581. The first-order chi connectivity index (χ1) is 3.29. The average Bonchev–Trinajstić information content (AvgIpc) is 1.87. The lowest BCUT2D eigenvalue weighted by molar-refractivity contribution is 0.518. The van der Waals surface area contributed by atoms with Crippen molar-refractivity contribution in [2.24, 2.45) is 11.0 Å². The summed E-state index contributed by atoms with van der Waals surface area (Å²) >= 11 is 3.99. The zero-order valence-corrected chi connectivity index (χ0v) is 5.10. The molecule has 0 bridgehead atoms. The summed E-state index contributed by atoms with van der Waals surface area (Å²) in [6.07, 6.45) is 1.90. The van der Waals surface area contributed by atoms with E-state index in [4.69, 9.17) is 0 Å². The van der Waals surface area contributed by atoms with Crippen molar-refractivity contribution in [3.63, 3.8) is 0 Å². The highest BCUT2D eigenvalue weighted by Gasteiger charge is 2.07. The molecule has 0 fully saturated rings. The van der Waals surface area contributed by atoms with Crippen molar-refractivity contribution in [3.05, 3.63) is 0 Å². The van der Waals surface area contributed by atoms with E-state index in [1.54, 1.807) is 4.41 Å². The van der Waals surface area contributed by atoms with Gasteiger partial charge in [0.1, 0.15) is 0 Å². The molecular weight excluding hydrogens is 108 g/mol. The number of rotatable bonds is 0. The van der Waals surface area contributed by atoms with Crippen LogP contribution in [0.5, 0.6) is 0 Å². The molecular formula is C4H8N2S. The Balaban J connectivity index is 2.42. The first kappa shape index (κ1) is 4.97. The molecule has 1 heterocycles. The van der Waals surface area contributed by atoms with Crippen LogP contribution in [0.3, 0.4) is 0 Å². The normalized spacial score (nSPS) is 29.4. The molecule has 0 aliphatic carbocycles. The van der Waals surface area contributed by atoms with Crippen LogP contribution < -0.4 is 0 Å². The zero-order chi connectivity index (χ0) is 5.28. The quantitative estimate of drug-likeness (QED) is 0.462. The minimum absolute atomic E-state index is 0.581. The van der Waals surface area contributed by atoms with Gasteiger partial charge in [-0.15, -0.1) is 0 Å². The third-order valence-corrected chi connectivity index (χ3v) is 1.17. The third-order valence-electron chi connectivity index (χ3n) is 0.906. The van der Waals surface area contributed by atoms with E-state index in [1.165, 1.54) is 0 Å². The zero-order valence-electron chi connectivity index (χ0n) is 4.20. The predicted molar refractivity (Wildman–Crippen MR) is 33.3 cm³/mol. The molecule has 1 rings (SSSR count). The lowest BCUT2D eigenvalue weighted by Crippen LogP contribution is -2.04. The Morgan fingerprint density at radius 2 is 2.71 bits per heavy atom. The Morgan fingerprint density at radius 3 is 2.86 bits per heavy atom. The fourth-order valence-corrected chi connectivity index (χ4v) is 0.860. The molecule has 3 heteroatoms. The summed E-state index contributed by atoms with van der Waals surface area (Å²) in [7, 11) is 0. The van der Waals surface area contributed by atoms with Gasteiger partial charge >= 0.3 is 0 Å². The molecule has 7 heavy (non-hydrogen) atoms. The molecule has 0 aromatic carbocycles. The van der Waals surface area contributed by atoms with Crippen LogP contribution in [0.1, 0.15) is 6.92 Å². The second-order valence-corrected chi connectivity index (χ2v) is 2.26. The van der Waals surface area contributed by atoms with Gasteiger partial charge in [0.2, 0.25) is 0 Å². The van der Waals surface area contributed by atoms with E-state index in [0.717, 1.165) is 6.54 Å². The summed E-state index contributed by atoms with van der Waals surface area (Å²) in [4.78, 5) is 0. The standard InChI is InChI=1S/C4H8N2S/c1-4-2-5-6(7)3-4/h2,4,7H,3H2,1H3. The topological polar surface area (TPSA) is 15.6 Å². The Bertz CT molecular complexity index is 81.7. The molecule has 0 saturated carbocycles. The minimum Gasteiger partial charge on any atom is -0.242 e. The van der Waals surface area contributed by atoms with E-state index in [-0.39, 0.29) is 0 Å². The van der Waals surface area contributed by atoms with E-state index >= 15 is 0 Å². The highest BCUT2D eigenvalue weighted by molar-refractivity contribution is 7.77. The molecule has 2 nitrogen and oxygen atoms in total. The number of hydrogen-bond donors (Lipinski definition) is 1. The van der Waals surface area contributed by atoms with Crippen molar-refractivity contribution < 1.29 is 0 Å². The summed E-state index contributed by atoms with van der Waals surface area (Å²) in [5, 5.41) is 3.89. The van der Waals surface area contributed by atoms with Crippen LogP contribution in [0.25, 0.3) is 0 Å². The molecule has 1 atom stereocenters. The summed E-state index contributed by atoms with van der Waals surface area (Å²) in [6.45, 7) is 3.06. The van der Waals surface area contributed by atoms with Gasteiger partial charge in [0.15, 0.2) is 0 Å². The van der Waals surface area contributed by atoms with E-state index < -0.39 is 0 Å². The molecule has 0 aromatic rings. The van der Waals surface area contributed by atoms with Gasteiger partial charge in [0.05, 0.1) is 6.54 Å². The molecule has 0 aromatic heterocycles. The van der Waals surface area contributed by atoms with Gasteiger partial charge in [-0.2, -0.15) is 5.10 Å². The fourth-order valence-electron chi connectivity index (χ4n) is 0.543. The van der Waals surface area contributed by atoms with Gasteiger partial charge in [0.25, 0.3) is 0 Å². The van der Waals surface area contributed by atoms with E-state index in [9.17, 15) is 0 Å². The predicted octanol–water partition coefficient (Wildman–Crippen LogP) is 0.769. The number of thiol groups is 1. The second-order valence-electron chi connectivity index (χ2n) is 1.80. The number of hydrazone groups is 1. The Hall–Kier alpha value is -0.180. The lowest BCUT2D eigenvalue weighted by atomic mass is 10.2. The smallest absolute Gasteiger partial charge is 0.0554 e. The lowest BCUT2D eigenvalue weighted by Gasteiger charge is -2.01. The van der Waals surface area contributed by atoms with Gasteiger partial charge in [-0.3, -0.25) is 0 Å². The van der Waals surface area contributed by atoms with Crippen molar-refractivity contribution in [1.82, 2.24) is 4.41 Å². The Morgan fingerprint density at radius 1 is 2.00 bits per heavy atom. The molecule has 0 amide bonds. The monoisotopic (exact) mass is 116 g/mol. The average molecular weight is 116 g/mol. The highest BCUT2D eigenvalue weighted by Crippen LogP contribution is 2.07. The van der Waals surface area contributed by atoms with Gasteiger partial charge < -0.3 is 0 Å². The number of hydrogen-bond acceptors (Lipinski definition) is 3. The molecule has 0 radical (unpaired) electrons. The first-order valence-electron chi connectivity index (χ1n) is 2.29. The fraction of sp³-hybridized carbons (Fsp3) is 0.750. The van der Waals surface area contributed by atoms with Crippen molar-refractivity contribution in [3.8, 4) is 0 Å². The van der Waals surface area contributed by atoms with E-state index in [1.807, 2.05) is 6.21 Å². The summed E-state index contributed by atoms with van der Waals surface area (Å²) in [5.41, 5.74) is 0. The first-order valence-corrected chi connectivity index (χ1v) is 2.69. The molecule has 1 aliphatic rings. The van der Waals surface area contributed by atoms with Gasteiger partial charge in [-0.25, -0.2) is 4.41 Å². The SMILES string of the molecule is CC1C=NN(S)C1. The van der Waals surface area contributed by atoms with Crippen molar-refractivity contribution in [1.29, 1.82) is 0 Å². The molecule has 40 valence electrons. The van der Waals surface area contributed by atoms with Crippen LogP contribution in [-0.2, 0) is 0 Å². The molecule has 0 spiro atoms. The summed E-state index contributed by atoms with van der Waals surface area (Å²) in [5.74, 6) is 0.581. The maximum atomic E-state index is 3.99. The molecule has 1 unspecified atom stereocenters. The van der Waals surface area contributed by atoms with Crippen LogP contribution in [0.4, 0.5) is 0 Å². The number of nitrogens with zero attached hydrogens (tertiary/aromatic N) is 2. The summed E-state index contributed by atoms with van der Waals surface area (Å²) < 4.78 is 1.64. The van der Waals surface area contributed by atoms with Gasteiger partial charge in [-0.05, 0) is 12.8 Å². The maximum absolute atomic E-state index is 3.99. The maximum Gasteiger partial charge on any atom is 0.0554 e. The van der Waals surface area contributed by atoms with Crippen LogP contribution >= 0.6 is 12.8 Å². The largest absolute Gasteiger partial charge is 0.242 e. The molecule has 1 aliphatic heterocycles. The van der Waals surface area contributed by atoms with Gasteiger partial charge in [0, 0.05) is 12.1 Å². The molecule has 0 saturated heterocycles. The van der Waals surface area contributed by atoms with Crippen LogP contribution in [-0.4, -0.2) is 17.2 Å². The highest BCUT2D eigenvalue weighted by atomic mass is 32.1. The van der Waals surface area contributed by atoms with Crippen molar-refractivity contribution in [2.75, 3.05) is 6.54 Å². The van der Waals surface area contributed by atoms with Crippen LogP contribution in [0.2, 0.25) is 0 Å². The van der Waals surface area contributed by atoms with E-state index in [0.29, 0.717) is 5.92 Å². The Kier molecular flexibility index (Phi) is 1.23. The second kappa shape index (κ2) is 1.74. The van der Waals surface area contributed by atoms with Crippen molar-refractivity contribution >= 4 is 19.0 Å². The third kappa shape index (κ3) is 1.09. The molecule has 0 N–H and O–H groups in total. The van der Waals surface area contributed by atoms with Crippen LogP contribution in [0, 0.1) is 5.92 Å². The van der Waals surface area contributed by atoms with E-state index in [2.05, 4.69) is 24.8 Å². The Labute approximate surface area is 48.7 Å². The van der Waals surface area contributed by atoms with Gasteiger partial charge in [-0.1, -0.05) is 6.92 Å².